The normalized spacial score (nSPS) is 12.8. The molecule has 0 aromatic heterocycles. The van der Waals surface area contributed by atoms with Crippen LogP contribution in [0.15, 0.2) is 73.2 Å². The molecule has 1 atom stereocenters. The molecule has 2 nitrogen and oxygen atoms in total. The second-order valence-corrected chi connectivity index (χ2v) is 5.75. The molecule has 0 heterocycles. The van der Waals surface area contributed by atoms with Crippen LogP contribution in [-0.2, 0) is 10.2 Å². The van der Waals surface area contributed by atoms with Crippen molar-refractivity contribution in [2.24, 2.45) is 0 Å². The molecule has 25 heavy (non-hydrogen) atoms. The van der Waals surface area contributed by atoms with Crippen LogP contribution in [0.2, 0.25) is 0 Å². The summed E-state index contributed by atoms with van der Waals surface area (Å²) in [6.45, 7) is 9.64. The lowest BCUT2D eigenvalue weighted by Gasteiger charge is -2.27. The van der Waals surface area contributed by atoms with Gasteiger partial charge in [0.05, 0.1) is 12.5 Å². The molecule has 1 unspecified atom stereocenters. The van der Waals surface area contributed by atoms with Crippen molar-refractivity contribution >= 4 is 0 Å². The van der Waals surface area contributed by atoms with Gasteiger partial charge in [0.15, 0.2) is 0 Å². The fraction of sp³-hybridized carbons (Fsp3) is 0.217. The van der Waals surface area contributed by atoms with Gasteiger partial charge in [-0.05, 0) is 50.6 Å². The van der Waals surface area contributed by atoms with Crippen molar-refractivity contribution in [1.29, 1.82) is 0 Å². The van der Waals surface area contributed by atoms with E-state index in [2.05, 4.69) is 55.7 Å². The van der Waals surface area contributed by atoms with Gasteiger partial charge in [-0.25, -0.2) is 0 Å². The fourth-order valence-corrected chi connectivity index (χ4v) is 2.77. The third kappa shape index (κ3) is 4.14. The van der Waals surface area contributed by atoms with Gasteiger partial charge in [-0.3, -0.25) is 0 Å². The molecule has 0 fully saturated rings. The van der Waals surface area contributed by atoms with E-state index in [1.165, 1.54) is 12.7 Å². The summed E-state index contributed by atoms with van der Waals surface area (Å²) >= 11 is 0. The van der Waals surface area contributed by atoms with Gasteiger partial charge >= 0.3 is 0 Å². The Balaban J connectivity index is 2.53. The zero-order valence-corrected chi connectivity index (χ0v) is 15.3. The topological polar surface area (TPSA) is 18.5 Å². The molecular formula is C23H24O2. The molecule has 0 bridgehead atoms. The molecule has 0 N–H and O–H groups in total. The Hall–Kier alpha value is -2.92. The molecule has 0 amide bonds. The SMILES string of the molecule is C=C(OC)Oc1ccc(C(C#CC)(/C=C/C)c2ccc(C)cc2)cc1. The minimum atomic E-state index is -0.492. The fourth-order valence-electron chi connectivity index (χ4n) is 2.77. The van der Waals surface area contributed by atoms with Gasteiger partial charge < -0.3 is 9.47 Å². The third-order valence-corrected chi connectivity index (χ3v) is 4.01. The molecule has 0 aliphatic carbocycles. The second-order valence-electron chi connectivity index (χ2n) is 5.75. The molecule has 2 aromatic rings. The molecule has 0 spiro atoms. The summed E-state index contributed by atoms with van der Waals surface area (Å²) in [6.07, 6.45) is 4.18. The maximum atomic E-state index is 5.50. The van der Waals surface area contributed by atoms with Gasteiger partial charge in [-0.2, -0.15) is 0 Å². The van der Waals surface area contributed by atoms with E-state index in [0.29, 0.717) is 5.75 Å². The maximum absolute atomic E-state index is 5.50. The first-order chi connectivity index (χ1) is 12.1. The minimum absolute atomic E-state index is 0.263. The highest BCUT2D eigenvalue weighted by atomic mass is 16.7. The van der Waals surface area contributed by atoms with Crippen molar-refractivity contribution in [3.63, 3.8) is 0 Å². The standard InChI is InChI=1S/C23H24O2/c1-6-16-23(17-7-2,20-10-8-18(3)9-11-20)21-12-14-22(15-13-21)25-19(4)24-5/h6,8-16H,4H2,1-3,5H3/b16-6+. The second kappa shape index (κ2) is 8.26. The summed E-state index contributed by atoms with van der Waals surface area (Å²) in [7, 11) is 1.53. The lowest BCUT2D eigenvalue weighted by Crippen LogP contribution is -2.23. The molecule has 2 aromatic carbocycles. The van der Waals surface area contributed by atoms with Crippen LogP contribution < -0.4 is 4.74 Å². The summed E-state index contributed by atoms with van der Waals surface area (Å²) < 4.78 is 10.5. The lowest BCUT2D eigenvalue weighted by atomic mass is 9.74. The van der Waals surface area contributed by atoms with Crippen molar-refractivity contribution in [2.75, 3.05) is 7.11 Å². The third-order valence-electron chi connectivity index (χ3n) is 4.01. The minimum Gasteiger partial charge on any atom is -0.469 e. The van der Waals surface area contributed by atoms with Gasteiger partial charge in [0.25, 0.3) is 5.95 Å². The van der Waals surface area contributed by atoms with E-state index >= 15 is 0 Å². The average molecular weight is 332 g/mol. The number of methoxy groups -OCH3 is 1. The highest BCUT2D eigenvalue weighted by Crippen LogP contribution is 2.35. The number of benzene rings is 2. The Morgan fingerprint density at radius 3 is 2.08 bits per heavy atom. The van der Waals surface area contributed by atoms with E-state index in [-0.39, 0.29) is 5.95 Å². The van der Waals surface area contributed by atoms with Crippen LogP contribution in [0.25, 0.3) is 0 Å². The molecule has 0 saturated heterocycles. The number of allylic oxidation sites excluding steroid dienone is 2. The lowest BCUT2D eigenvalue weighted by molar-refractivity contribution is 0.154. The predicted octanol–water partition coefficient (Wildman–Crippen LogP) is 5.38. The summed E-state index contributed by atoms with van der Waals surface area (Å²) in [5, 5.41) is 0. The molecule has 0 aliphatic rings. The molecule has 2 rings (SSSR count). The summed E-state index contributed by atoms with van der Waals surface area (Å²) in [5.41, 5.74) is 2.96. The first-order valence-electron chi connectivity index (χ1n) is 8.22. The van der Waals surface area contributed by atoms with Crippen molar-refractivity contribution in [2.45, 2.75) is 26.2 Å². The molecule has 0 radical (unpaired) electrons. The molecule has 2 heteroatoms. The average Bonchev–Trinajstić information content (AvgIpc) is 2.62. The monoisotopic (exact) mass is 332 g/mol. The largest absolute Gasteiger partial charge is 0.469 e. The van der Waals surface area contributed by atoms with Crippen LogP contribution >= 0.6 is 0 Å². The zero-order chi connectivity index (χ0) is 18.3. The molecule has 0 saturated carbocycles. The van der Waals surface area contributed by atoms with Gasteiger partial charge in [-0.1, -0.05) is 60.0 Å². The van der Waals surface area contributed by atoms with Crippen molar-refractivity contribution in [3.8, 4) is 17.6 Å². The molecule has 128 valence electrons. The number of ether oxygens (including phenoxy) is 2. The van der Waals surface area contributed by atoms with E-state index < -0.39 is 5.41 Å². The van der Waals surface area contributed by atoms with Crippen molar-refractivity contribution in [1.82, 2.24) is 0 Å². The summed E-state index contributed by atoms with van der Waals surface area (Å²) in [5.74, 6) is 7.44. The number of hydrogen-bond donors (Lipinski definition) is 0. The number of hydrogen-bond acceptors (Lipinski definition) is 2. The smallest absolute Gasteiger partial charge is 0.276 e. The molecular weight excluding hydrogens is 308 g/mol. The van der Waals surface area contributed by atoms with Crippen LogP contribution in [0.5, 0.6) is 5.75 Å². The van der Waals surface area contributed by atoms with Gasteiger partial charge in [-0.15, -0.1) is 5.92 Å². The van der Waals surface area contributed by atoms with Crippen LogP contribution in [0.4, 0.5) is 0 Å². The first kappa shape index (κ1) is 18.4. The first-order valence-corrected chi connectivity index (χ1v) is 8.22. The Kier molecular flexibility index (Phi) is 6.08. The van der Waals surface area contributed by atoms with E-state index in [1.807, 2.05) is 44.2 Å². The van der Waals surface area contributed by atoms with Crippen LogP contribution in [0, 0.1) is 18.8 Å². The Morgan fingerprint density at radius 1 is 1.04 bits per heavy atom. The van der Waals surface area contributed by atoms with E-state index in [9.17, 15) is 0 Å². The maximum Gasteiger partial charge on any atom is 0.276 e. The van der Waals surface area contributed by atoms with Crippen LogP contribution in [0.3, 0.4) is 0 Å². The van der Waals surface area contributed by atoms with E-state index in [0.717, 1.165) is 11.1 Å². The van der Waals surface area contributed by atoms with Crippen molar-refractivity contribution in [3.05, 3.63) is 89.9 Å². The highest BCUT2D eigenvalue weighted by Gasteiger charge is 2.29. The number of aryl methyl sites for hydroxylation is 1. The highest BCUT2D eigenvalue weighted by molar-refractivity contribution is 5.54. The zero-order valence-electron chi connectivity index (χ0n) is 15.3. The predicted molar refractivity (Wildman–Crippen MR) is 103 cm³/mol. The van der Waals surface area contributed by atoms with Gasteiger partial charge in [0, 0.05) is 0 Å². The van der Waals surface area contributed by atoms with Gasteiger partial charge in [0.1, 0.15) is 5.75 Å². The summed E-state index contributed by atoms with van der Waals surface area (Å²) in [4.78, 5) is 0. The Bertz CT molecular complexity index is 802. The molecule has 0 aliphatic heterocycles. The quantitative estimate of drug-likeness (QED) is 0.402. The van der Waals surface area contributed by atoms with E-state index in [1.54, 1.807) is 0 Å². The van der Waals surface area contributed by atoms with Crippen LogP contribution in [0.1, 0.15) is 30.5 Å². The van der Waals surface area contributed by atoms with E-state index in [4.69, 9.17) is 9.47 Å². The Labute approximate surface area is 150 Å². The Morgan fingerprint density at radius 2 is 1.60 bits per heavy atom. The van der Waals surface area contributed by atoms with Crippen LogP contribution in [-0.4, -0.2) is 7.11 Å². The summed E-state index contributed by atoms with van der Waals surface area (Å²) in [6, 6.07) is 16.4. The van der Waals surface area contributed by atoms with Gasteiger partial charge in [0.2, 0.25) is 0 Å². The number of rotatable bonds is 6. The van der Waals surface area contributed by atoms with Crippen molar-refractivity contribution < 1.29 is 9.47 Å².